The molecule has 3 nitrogen and oxygen atoms in total. The van der Waals surface area contributed by atoms with Gasteiger partial charge in [-0.3, -0.25) is 0 Å². The molecule has 2 aromatic rings. The van der Waals surface area contributed by atoms with E-state index in [0.717, 1.165) is 0 Å². The summed E-state index contributed by atoms with van der Waals surface area (Å²) in [6.07, 6.45) is 0. The summed E-state index contributed by atoms with van der Waals surface area (Å²) < 4.78 is 14.4. The number of nitrogens with one attached hydrogen (secondary N) is 1. The lowest BCUT2D eigenvalue weighted by Gasteiger charge is -2.18. The quantitative estimate of drug-likeness (QED) is 0.793. The van der Waals surface area contributed by atoms with E-state index in [-0.39, 0.29) is 11.5 Å². The number of phenolic OH excluding ortho intramolecular Hbond substituents is 2. The molecule has 0 amide bonds. The molecule has 0 heterocycles. The van der Waals surface area contributed by atoms with Crippen LogP contribution in [0.25, 0.3) is 0 Å². The van der Waals surface area contributed by atoms with Crippen molar-refractivity contribution in [3.05, 3.63) is 52.3 Å². The minimum absolute atomic E-state index is 0.0301. The second kappa shape index (κ2) is 5.48. The lowest BCUT2D eigenvalue weighted by atomic mass is 10.1. The summed E-state index contributed by atoms with van der Waals surface area (Å²) in [5.74, 6) is -0.467. The van der Waals surface area contributed by atoms with E-state index in [0.29, 0.717) is 15.7 Å². The predicted octanol–water partition coefficient (Wildman–Crippen LogP) is 4.17. The van der Waals surface area contributed by atoms with Crippen LogP contribution in [0.1, 0.15) is 18.5 Å². The van der Waals surface area contributed by atoms with Gasteiger partial charge < -0.3 is 15.5 Å². The third-order valence-corrected chi connectivity index (χ3v) is 3.29. The lowest BCUT2D eigenvalue weighted by molar-refractivity contribution is 0.434. The molecule has 5 heteroatoms. The number of halogens is 2. The van der Waals surface area contributed by atoms with E-state index >= 15 is 0 Å². The van der Waals surface area contributed by atoms with Crippen molar-refractivity contribution in [2.45, 2.75) is 13.0 Å². The van der Waals surface area contributed by atoms with Crippen molar-refractivity contribution in [3.63, 3.8) is 0 Å². The van der Waals surface area contributed by atoms with Gasteiger partial charge in [-0.05, 0) is 37.3 Å². The fourth-order valence-electron chi connectivity index (χ4n) is 1.90. The second-order valence-corrected chi connectivity index (χ2v) is 5.12. The monoisotopic (exact) mass is 325 g/mol. The maximum atomic E-state index is 13.7. The summed E-state index contributed by atoms with van der Waals surface area (Å²) in [5, 5.41) is 22.4. The van der Waals surface area contributed by atoms with Gasteiger partial charge in [0.15, 0.2) is 0 Å². The third kappa shape index (κ3) is 2.98. The minimum atomic E-state index is -0.433. The van der Waals surface area contributed by atoms with Crippen LogP contribution in [-0.2, 0) is 0 Å². The normalized spacial score (nSPS) is 12.2. The Kier molecular flexibility index (Phi) is 3.95. The number of phenols is 2. The molecule has 1 unspecified atom stereocenters. The molecule has 3 N–H and O–H groups in total. The first-order valence-corrected chi connectivity index (χ1v) is 6.50. The fraction of sp³-hybridized carbons (Fsp3) is 0.143. The number of benzene rings is 2. The Morgan fingerprint density at radius 2 is 1.79 bits per heavy atom. The van der Waals surface area contributed by atoms with E-state index in [1.165, 1.54) is 18.2 Å². The maximum absolute atomic E-state index is 13.7. The highest BCUT2D eigenvalue weighted by molar-refractivity contribution is 9.10. The standard InChI is InChI=1S/C14H13BrFNO2/c1-8(14-12(18)3-2-4-13(14)19)17-11-6-5-9(15)7-10(11)16/h2-8,17-19H,1H3. The summed E-state index contributed by atoms with van der Waals surface area (Å²) in [5.41, 5.74) is 0.642. The smallest absolute Gasteiger partial charge is 0.147 e. The van der Waals surface area contributed by atoms with Crippen LogP contribution in [0.4, 0.5) is 10.1 Å². The van der Waals surface area contributed by atoms with Crippen molar-refractivity contribution in [3.8, 4) is 11.5 Å². The maximum Gasteiger partial charge on any atom is 0.147 e. The largest absolute Gasteiger partial charge is 0.507 e. The molecular formula is C14H13BrFNO2. The van der Waals surface area contributed by atoms with Crippen LogP contribution < -0.4 is 5.32 Å². The van der Waals surface area contributed by atoms with Gasteiger partial charge in [0.1, 0.15) is 17.3 Å². The van der Waals surface area contributed by atoms with Gasteiger partial charge in [0.05, 0.1) is 17.3 Å². The van der Waals surface area contributed by atoms with E-state index in [4.69, 9.17) is 0 Å². The SMILES string of the molecule is CC(Nc1ccc(Br)cc1F)c1c(O)cccc1O. The van der Waals surface area contributed by atoms with Crippen LogP contribution in [0, 0.1) is 5.82 Å². The van der Waals surface area contributed by atoms with Gasteiger partial charge in [0, 0.05) is 4.47 Å². The van der Waals surface area contributed by atoms with Crippen LogP contribution >= 0.6 is 15.9 Å². The van der Waals surface area contributed by atoms with Crippen molar-refractivity contribution >= 4 is 21.6 Å². The fourth-order valence-corrected chi connectivity index (χ4v) is 2.23. The Balaban J connectivity index is 2.28. The third-order valence-electron chi connectivity index (χ3n) is 2.80. The molecule has 0 saturated carbocycles. The number of hydrogen-bond acceptors (Lipinski definition) is 3. The molecular weight excluding hydrogens is 313 g/mol. The first kappa shape index (κ1) is 13.7. The van der Waals surface area contributed by atoms with Gasteiger partial charge in [-0.2, -0.15) is 0 Å². The van der Waals surface area contributed by atoms with Crippen LogP contribution in [-0.4, -0.2) is 10.2 Å². The molecule has 0 fully saturated rings. The van der Waals surface area contributed by atoms with Gasteiger partial charge in [-0.1, -0.05) is 22.0 Å². The van der Waals surface area contributed by atoms with Crippen molar-refractivity contribution < 1.29 is 14.6 Å². The Morgan fingerprint density at radius 1 is 1.16 bits per heavy atom. The Bertz CT molecular complexity index is 584. The summed E-state index contributed by atoms with van der Waals surface area (Å²) >= 11 is 3.18. The summed E-state index contributed by atoms with van der Waals surface area (Å²) in [4.78, 5) is 0. The van der Waals surface area contributed by atoms with E-state index in [1.54, 1.807) is 25.1 Å². The molecule has 100 valence electrons. The second-order valence-electron chi connectivity index (χ2n) is 4.20. The van der Waals surface area contributed by atoms with Crippen LogP contribution in [0.2, 0.25) is 0 Å². The van der Waals surface area contributed by atoms with Crippen LogP contribution in [0.3, 0.4) is 0 Å². The predicted molar refractivity (Wildman–Crippen MR) is 75.9 cm³/mol. The molecule has 0 bridgehead atoms. The van der Waals surface area contributed by atoms with Gasteiger partial charge in [0.2, 0.25) is 0 Å². The first-order chi connectivity index (χ1) is 8.99. The van der Waals surface area contributed by atoms with Crippen LogP contribution in [0.15, 0.2) is 40.9 Å². The molecule has 1 atom stereocenters. The lowest BCUT2D eigenvalue weighted by Crippen LogP contribution is -2.08. The van der Waals surface area contributed by atoms with E-state index in [9.17, 15) is 14.6 Å². The zero-order valence-electron chi connectivity index (χ0n) is 10.2. The molecule has 0 aliphatic rings. The minimum Gasteiger partial charge on any atom is -0.507 e. The molecule has 0 spiro atoms. The van der Waals surface area contributed by atoms with E-state index in [1.807, 2.05) is 0 Å². The molecule has 0 aromatic heterocycles. The van der Waals surface area contributed by atoms with Gasteiger partial charge in [-0.15, -0.1) is 0 Å². The summed E-state index contributed by atoms with van der Waals surface area (Å²) in [6, 6.07) is 8.71. The van der Waals surface area contributed by atoms with E-state index < -0.39 is 11.9 Å². The van der Waals surface area contributed by atoms with Crippen LogP contribution in [0.5, 0.6) is 11.5 Å². The van der Waals surface area contributed by atoms with E-state index in [2.05, 4.69) is 21.2 Å². The average molecular weight is 326 g/mol. The van der Waals surface area contributed by atoms with Crippen molar-refractivity contribution in [2.75, 3.05) is 5.32 Å². The number of rotatable bonds is 3. The molecule has 0 radical (unpaired) electrons. The van der Waals surface area contributed by atoms with Crippen molar-refractivity contribution in [1.29, 1.82) is 0 Å². The Hall–Kier alpha value is -1.75. The Morgan fingerprint density at radius 3 is 2.37 bits per heavy atom. The first-order valence-electron chi connectivity index (χ1n) is 5.71. The summed E-state index contributed by atoms with van der Waals surface area (Å²) in [6.45, 7) is 1.73. The average Bonchev–Trinajstić information content (AvgIpc) is 2.32. The van der Waals surface area contributed by atoms with Gasteiger partial charge in [0.25, 0.3) is 0 Å². The topological polar surface area (TPSA) is 52.5 Å². The molecule has 19 heavy (non-hydrogen) atoms. The van der Waals surface area contributed by atoms with Gasteiger partial charge >= 0.3 is 0 Å². The number of anilines is 1. The molecule has 2 rings (SSSR count). The zero-order chi connectivity index (χ0) is 14.0. The Labute approximate surface area is 118 Å². The highest BCUT2D eigenvalue weighted by Crippen LogP contribution is 2.34. The number of hydrogen-bond donors (Lipinski definition) is 3. The highest BCUT2D eigenvalue weighted by Gasteiger charge is 2.16. The highest BCUT2D eigenvalue weighted by atomic mass is 79.9. The molecule has 0 aliphatic heterocycles. The zero-order valence-corrected chi connectivity index (χ0v) is 11.8. The molecule has 0 saturated heterocycles. The molecule has 0 aliphatic carbocycles. The van der Waals surface area contributed by atoms with Gasteiger partial charge in [-0.25, -0.2) is 4.39 Å². The summed E-state index contributed by atoms with van der Waals surface area (Å²) in [7, 11) is 0. The van der Waals surface area contributed by atoms with Crippen molar-refractivity contribution in [2.24, 2.45) is 0 Å². The molecule has 2 aromatic carbocycles. The number of aromatic hydroxyl groups is 2. The van der Waals surface area contributed by atoms with Crippen molar-refractivity contribution in [1.82, 2.24) is 0 Å².